The number of hydrazone groups is 1. The molecule has 3 N–H and O–H groups in total. The molecule has 0 aliphatic rings. The third-order valence-corrected chi connectivity index (χ3v) is 3.59. The van der Waals surface area contributed by atoms with Gasteiger partial charge in [-0.25, -0.2) is 5.43 Å². The first-order valence-electron chi connectivity index (χ1n) is 7.46. The Morgan fingerprint density at radius 2 is 2.00 bits per heavy atom. The molecule has 1 amide bonds. The van der Waals surface area contributed by atoms with Crippen LogP contribution in [0, 0.1) is 0 Å². The maximum absolute atomic E-state index is 11.8. The Hall–Kier alpha value is -2.44. The van der Waals surface area contributed by atoms with Crippen LogP contribution < -0.4 is 15.5 Å². The monoisotopic (exact) mass is 381 g/mol. The highest BCUT2D eigenvalue weighted by Crippen LogP contribution is 2.34. The van der Waals surface area contributed by atoms with Crippen molar-refractivity contribution in [2.75, 3.05) is 18.5 Å². The maximum atomic E-state index is 11.8. The zero-order valence-electron chi connectivity index (χ0n) is 13.4. The summed E-state index contributed by atoms with van der Waals surface area (Å²) >= 11 is 11.7. The van der Waals surface area contributed by atoms with Crippen LogP contribution in [0.15, 0.2) is 41.5 Å². The van der Waals surface area contributed by atoms with Crippen LogP contribution >= 0.6 is 23.2 Å². The molecule has 2 aromatic rings. The summed E-state index contributed by atoms with van der Waals surface area (Å²) in [6.07, 6.45) is 1.41. The largest absolute Gasteiger partial charge is 0.503 e. The van der Waals surface area contributed by atoms with Gasteiger partial charge in [0.15, 0.2) is 11.5 Å². The first-order valence-corrected chi connectivity index (χ1v) is 8.22. The van der Waals surface area contributed by atoms with E-state index in [9.17, 15) is 9.90 Å². The predicted octanol–water partition coefficient (Wildman–Crippen LogP) is 3.66. The molecule has 0 atom stereocenters. The van der Waals surface area contributed by atoms with Gasteiger partial charge in [-0.3, -0.25) is 4.79 Å². The Labute approximate surface area is 155 Å². The summed E-state index contributed by atoms with van der Waals surface area (Å²) in [6, 6.07) is 10.1. The van der Waals surface area contributed by atoms with E-state index in [1.165, 1.54) is 12.3 Å². The fourth-order valence-electron chi connectivity index (χ4n) is 1.90. The number of phenols is 1. The van der Waals surface area contributed by atoms with Crippen molar-refractivity contribution in [2.24, 2.45) is 5.10 Å². The van der Waals surface area contributed by atoms with Crippen molar-refractivity contribution >= 4 is 41.0 Å². The molecular weight excluding hydrogens is 365 g/mol. The minimum absolute atomic E-state index is 0.0551. The van der Waals surface area contributed by atoms with Crippen molar-refractivity contribution in [3.8, 4) is 11.5 Å². The van der Waals surface area contributed by atoms with Gasteiger partial charge in [0.1, 0.15) is 0 Å². The number of phenolic OH excluding ortho intramolecular Hbond substituents is 1. The van der Waals surface area contributed by atoms with Crippen LogP contribution in [0.4, 0.5) is 5.69 Å². The molecule has 0 aromatic heterocycles. The number of carbonyl (C=O) groups is 1. The van der Waals surface area contributed by atoms with Gasteiger partial charge in [-0.2, -0.15) is 5.10 Å². The number of hydrogen-bond acceptors (Lipinski definition) is 5. The van der Waals surface area contributed by atoms with Crippen LogP contribution in [0.2, 0.25) is 10.0 Å². The topological polar surface area (TPSA) is 83.0 Å². The van der Waals surface area contributed by atoms with Gasteiger partial charge in [-0.1, -0.05) is 23.2 Å². The van der Waals surface area contributed by atoms with Gasteiger partial charge >= 0.3 is 0 Å². The second-order valence-corrected chi connectivity index (χ2v) is 5.78. The molecule has 25 heavy (non-hydrogen) atoms. The zero-order valence-corrected chi connectivity index (χ0v) is 14.9. The van der Waals surface area contributed by atoms with E-state index in [2.05, 4.69) is 15.8 Å². The highest BCUT2D eigenvalue weighted by atomic mass is 35.5. The number of aromatic hydroxyl groups is 1. The van der Waals surface area contributed by atoms with E-state index in [1.54, 1.807) is 37.3 Å². The lowest BCUT2D eigenvalue weighted by Crippen LogP contribution is -2.25. The normalized spacial score (nSPS) is 10.7. The lowest BCUT2D eigenvalue weighted by Gasteiger charge is -2.08. The number of halogens is 2. The average molecular weight is 382 g/mol. The van der Waals surface area contributed by atoms with Crippen molar-refractivity contribution in [1.29, 1.82) is 0 Å². The molecule has 0 heterocycles. The third-order valence-electron chi connectivity index (χ3n) is 3.05. The van der Waals surface area contributed by atoms with Gasteiger partial charge in [0.05, 0.1) is 24.4 Å². The molecule has 0 aliphatic heterocycles. The van der Waals surface area contributed by atoms with Crippen LogP contribution in [0.1, 0.15) is 12.5 Å². The van der Waals surface area contributed by atoms with Crippen molar-refractivity contribution in [2.45, 2.75) is 6.92 Å². The van der Waals surface area contributed by atoms with Crippen molar-refractivity contribution < 1.29 is 14.6 Å². The van der Waals surface area contributed by atoms with E-state index in [4.69, 9.17) is 27.9 Å². The van der Waals surface area contributed by atoms with Gasteiger partial charge in [0.2, 0.25) is 0 Å². The molecule has 6 nitrogen and oxygen atoms in total. The van der Waals surface area contributed by atoms with Crippen molar-refractivity contribution in [1.82, 2.24) is 5.43 Å². The molecule has 0 spiro atoms. The van der Waals surface area contributed by atoms with Crippen LogP contribution in [-0.2, 0) is 4.79 Å². The fourth-order valence-corrected chi connectivity index (χ4v) is 2.25. The van der Waals surface area contributed by atoms with Gasteiger partial charge in [-0.15, -0.1) is 0 Å². The average Bonchev–Trinajstić information content (AvgIpc) is 2.59. The maximum Gasteiger partial charge on any atom is 0.259 e. The molecule has 0 radical (unpaired) electrons. The van der Waals surface area contributed by atoms with Gasteiger partial charge in [-0.05, 0) is 48.9 Å². The van der Waals surface area contributed by atoms with E-state index >= 15 is 0 Å². The summed E-state index contributed by atoms with van der Waals surface area (Å²) in [5.41, 5.74) is 3.75. The van der Waals surface area contributed by atoms with Gasteiger partial charge in [0, 0.05) is 10.7 Å². The molecule has 0 aliphatic carbocycles. The SMILES string of the molecule is CCOc1cc(/C=N\NC(=O)CNc2ccc(Cl)cc2)cc(Cl)c1O. The number of benzene rings is 2. The minimum atomic E-state index is -0.318. The molecule has 132 valence electrons. The predicted molar refractivity (Wildman–Crippen MR) is 100.0 cm³/mol. The number of hydrogen-bond donors (Lipinski definition) is 3. The Bertz CT molecular complexity index is 764. The summed E-state index contributed by atoms with van der Waals surface area (Å²) in [7, 11) is 0. The minimum Gasteiger partial charge on any atom is -0.503 e. The Kier molecular flexibility index (Phi) is 6.91. The van der Waals surface area contributed by atoms with Crippen LogP contribution in [0.3, 0.4) is 0 Å². The van der Waals surface area contributed by atoms with E-state index in [1.807, 2.05) is 0 Å². The molecule has 8 heteroatoms. The second-order valence-electron chi connectivity index (χ2n) is 4.94. The highest BCUT2D eigenvalue weighted by Gasteiger charge is 2.08. The van der Waals surface area contributed by atoms with Crippen molar-refractivity contribution in [3.05, 3.63) is 52.0 Å². The van der Waals surface area contributed by atoms with E-state index < -0.39 is 0 Å². The zero-order chi connectivity index (χ0) is 18.2. The van der Waals surface area contributed by atoms with Crippen molar-refractivity contribution in [3.63, 3.8) is 0 Å². The first-order chi connectivity index (χ1) is 12.0. The first kappa shape index (κ1) is 18.9. The Balaban J connectivity index is 1.89. The van der Waals surface area contributed by atoms with Crippen LogP contribution in [-0.4, -0.2) is 30.4 Å². The highest BCUT2D eigenvalue weighted by molar-refractivity contribution is 6.32. The van der Waals surface area contributed by atoms with E-state index in [-0.39, 0.29) is 29.0 Å². The number of amides is 1. The summed E-state index contributed by atoms with van der Waals surface area (Å²) < 4.78 is 5.28. The summed E-state index contributed by atoms with van der Waals surface area (Å²) in [5.74, 6) is -0.190. The number of carbonyl (C=O) groups excluding carboxylic acids is 1. The van der Waals surface area contributed by atoms with Crippen LogP contribution in [0.25, 0.3) is 0 Å². The number of rotatable bonds is 7. The fraction of sp³-hybridized carbons (Fsp3) is 0.176. The Morgan fingerprint density at radius 1 is 1.28 bits per heavy atom. The van der Waals surface area contributed by atoms with E-state index in [0.717, 1.165) is 5.69 Å². The van der Waals surface area contributed by atoms with E-state index in [0.29, 0.717) is 17.2 Å². The molecule has 0 bridgehead atoms. The summed E-state index contributed by atoms with van der Waals surface area (Å²) in [5, 5.41) is 17.3. The molecule has 0 unspecified atom stereocenters. The van der Waals surface area contributed by atoms with Gasteiger partial charge in [0.25, 0.3) is 5.91 Å². The number of ether oxygens (including phenoxy) is 1. The second kappa shape index (κ2) is 9.15. The molecule has 2 aromatic carbocycles. The molecule has 2 rings (SSSR count). The van der Waals surface area contributed by atoms with Crippen LogP contribution in [0.5, 0.6) is 11.5 Å². The lowest BCUT2D eigenvalue weighted by molar-refractivity contribution is -0.119. The lowest BCUT2D eigenvalue weighted by atomic mass is 10.2. The molecule has 0 saturated heterocycles. The summed E-state index contributed by atoms with van der Waals surface area (Å²) in [6.45, 7) is 2.24. The Morgan fingerprint density at radius 3 is 2.68 bits per heavy atom. The number of nitrogens with one attached hydrogen (secondary N) is 2. The smallest absolute Gasteiger partial charge is 0.259 e. The molecule has 0 saturated carbocycles. The van der Waals surface area contributed by atoms with Gasteiger partial charge < -0.3 is 15.2 Å². The standard InChI is InChI=1S/C17H17Cl2N3O3/c1-2-25-15-8-11(7-14(19)17(15)24)9-21-22-16(23)10-20-13-5-3-12(18)4-6-13/h3-9,20,24H,2,10H2,1H3,(H,22,23)/b21-9-. The molecule has 0 fully saturated rings. The quantitative estimate of drug-likeness (QED) is 0.504. The number of anilines is 1. The summed E-state index contributed by atoms with van der Waals surface area (Å²) in [4.78, 5) is 11.8. The molecular formula is C17H17Cl2N3O3. The third kappa shape index (κ3) is 5.85. The number of nitrogens with zero attached hydrogens (tertiary/aromatic N) is 1.